The fourth-order valence-corrected chi connectivity index (χ4v) is 18.5. The van der Waals surface area contributed by atoms with E-state index >= 15 is 0 Å². The molecule has 5 aliphatic heterocycles. The van der Waals surface area contributed by atoms with Crippen molar-refractivity contribution in [2.45, 2.75) is 262 Å². The fourth-order valence-electron chi connectivity index (χ4n) is 16.8. The number of fused-ring (bicyclic) bond motifs is 4. The molecular weight excluding hydrogens is 1690 g/mol. The first-order valence-corrected chi connectivity index (χ1v) is 48.3. The number of benzene rings is 3. The van der Waals surface area contributed by atoms with Crippen LogP contribution >= 0.6 is 11.8 Å². The Morgan fingerprint density at radius 2 is 1.13 bits per heavy atom. The molecule has 0 spiro atoms. The highest BCUT2D eigenvalue weighted by molar-refractivity contribution is 8.02. The summed E-state index contributed by atoms with van der Waals surface area (Å²) in [5, 5.41) is 22.7. The van der Waals surface area contributed by atoms with E-state index in [0.717, 1.165) is 61.8 Å². The number of imide groups is 1. The summed E-state index contributed by atoms with van der Waals surface area (Å²) in [5.74, 6) is -0.919. The molecule has 0 bridgehead atoms. The van der Waals surface area contributed by atoms with Crippen molar-refractivity contribution in [3.63, 3.8) is 0 Å². The zero-order chi connectivity index (χ0) is 93.0. The van der Waals surface area contributed by atoms with Crippen LogP contribution in [0, 0.1) is 11.8 Å². The predicted octanol–water partition coefficient (Wildman–Crippen LogP) is 13.7. The van der Waals surface area contributed by atoms with Crippen LogP contribution in [-0.2, 0) is 78.0 Å². The summed E-state index contributed by atoms with van der Waals surface area (Å²) in [6, 6.07) is 10.0. The second-order valence-corrected chi connectivity index (χ2v) is 36.1. The van der Waals surface area contributed by atoms with Crippen molar-refractivity contribution in [3.8, 4) is 23.0 Å². The molecule has 1 saturated carbocycles. The fraction of sp³-hybridized carbons (Fsp3) is 0.670. The van der Waals surface area contributed by atoms with Gasteiger partial charge in [0, 0.05) is 73.5 Å². The highest BCUT2D eigenvalue weighted by Gasteiger charge is 2.47. The van der Waals surface area contributed by atoms with Gasteiger partial charge in [0.2, 0.25) is 35.4 Å². The minimum atomic E-state index is -1.53. The number of nitrogens with one attached hydrogen (secondary N) is 4. The van der Waals surface area contributed by atoms with Gasteiger partial charge in [-0.25, -0.2) is 9.69 Å². The number of methoxy groups -OCH3 is 2. The van der Waals surface area contributed by atoms with Crippen molar-refractivity contribution in [3.05, 3.63) is 88.8 Å². The van der Waals surface area contributed by atoms with E-state index in [0.29, 0.717) is 165 Å². The maximum atomic E-state index is 14.3. The summed E-state index contributed by atoms with van der Waals surface area (Å²) < 4.78 is 74.4. The van der Waals surface area contributed by atoms with Gasteiger partial charge in [-0.05, 0) is 120 Å². The lowest BCUT2D eigenvalue weighted by Crippen LogP contribution is -2.53. The first kappa shape index (κ1) is 105. The van der Waals surface area contributed by atoms with Crippen LogP contribution in [0.25, 0.3) is 0 Å². The van der Waals surface area contributed by atoms with Crippen LogP contribution in [0.2, 0.25) is 0 Å². The molecule has 1 saturated heterocycles. The molecule has 33 heteroatoms. The number of carbonyl (C=O) groups is 9. The van der Waals surface area contributed by atoms with Crippen LogP contribution < -0.4 is 45.1 Å². The molecule has 1 aliphatic carbocycles. The number of ether oxygens (including phenoxy) is 13. The number of aliphatic imine (C=N–C) groups is 1. The molecule has 0 aromatic heterocycles. The molecule has 1 unspecified atom stereocenters. The number of carbonyl (C=O) groups excluding carboxylic acids is 9. The third-order valence-corrected chi connectivity index (χ3v) is 26.2. The van der Waals surface area contributed by atoms with Crippen LogP contribution in [0.3, 0.4) is 0 Å². The summed E-state index contributed by atoms with van der Waals surface area (Å²) in [5.41, 5.74) is 4.11. The number of hydrogen-bond donors (Lipinski definition) is 5. The zero-order valence-electron chi connectivity index (χ0n) is 78.3. The second-order valence-electron chi connectivity index (χ2n) is 34.5. The van der Waals surface area contributed by atoms with Gasteiger partial charge in [0.05, 0.1) is 173 Å². The van der Waals surface area contributed by atoms with E-state index in [4.69, 9.17) is 66.6 Å². The minimum Gasteiger partial charge on any atom is -0.493 e. The largest absolute Gasteiger partial charge is 0.493 e. The molecule has 2 fully saturated rings. The number of nitrogens with zero attached hydrogens (tertiary/aromatic N) is 5. The number of hydrogen-bond acceptors (Lipinski definition) is 25. The van der Waals surface area contributed by atoms with Crippen LogP contribution in [0.4, 0.5) is 21.9 Å². The Kier molecular flexibility index (Phi) is 46.0. The van der Waals surface area contributed by atoms with Crippen LogP contribution in [0.1, 0.15) is 242 Å². The normalized spacial score (nSPS) is 18.4. The van der Waals surface area contributed by atoms with E-state index in [1.807, 2.05) is 19.3 Å². The van der Waals surface area contributed by atoms with Gasteiger partial charge >= 0.3 is 6.09 Å². The molecular formula is C97H145N9O23S. The Balaban J connectivity index is 0.559. The Morgan fingerprint density at radius 3 is 1.70 bits per heavy atom. The number of aliphatic hydroxyl groups is 1. The number of aliphatic hydroxyl groups excluding tert-OH is 1. The quantitative estimate of drug-likeness (QED) is 0.0259. The highest BCUT2D eigenvalue weighted by atomic mass is 32.2. The number of rotatable bonds is 58. The lowest BCUT2D eigenvalue weighted by atomic mass is 9.83. The third kappa shape index (κ3) is 33.4. The first-order valence-electron chi connectivity index (χ1n) is 47.4. The molecule has 3 aromatic rings. The van der Waals surface area contributed by atoms with Gasteiger partial charge in [0.15, 0.2) is 29.2 Å². The second kappa shape index (κ2) is 57.0. The van der Waals surface area contributed by atoms with Crippen molar-refractivity contribution >= 4 is 88.4 Å². The monoisotopic (exact) mass is 1840 g/mol. The maximum absolute atomic E-state index is 14.3. The van der Waals surface area contributed by atoms with E-state index in [9.17, 15) is 48.3 Å². The molecule has 6 atom stereocenters. The average Bonchev–Trinajstić information content (AvgIpc) is 1.58. The van der Waals surface area contributed by atoms with Gasteiger partial charge in [0.1, 0.15) is 18.7 Å². The lowest BCUT2D eigenvalue weighted by molar-refractivity contribution is -0.138. The van der Waals surface area contributed by atoms with Crippen LogP contribution in [-0.4, -0.2) is 266 Å². The Bertz CT molecular complexity index is 4150. The van der Waals surface area contributed by atoms with Gasteiger partial charge in [-0.15, -0.1) is 11.8 Å². The molecule has 6 aliphatic rings. The van der Waals surface area contributed by atoms with Crippen molar-refractivity contribution in [2.24, 2.45) is 16.8 Å². The Labute approximate surface area is 772 Å². The zero-order valence-corrected chi connectivity index (χ0v) is 79.1. The molecule has 130 heavy (non-hydrogen) atoms. The molecule has 5 N–H and O–H groups in total. The predicted molar refractivity (Wildman–Crippen MR) is 496 cm³/mol. The summed E-state index contributed by atoms with van der Waals surface area (Å²) in [6.07, 6.45) is 28.0. The van der Waals surface area contributed by atoms with Crippen molar-refractivity contribution in [1.82, 2.24) is 30.7 Å². The number of unbranched alkanes of at least 4 members (excludes halogenated alkanes) is 4. The van der Waals surface area contributed by atoms with Crippen molar-refractivity contribution in [1.29, 1.82) is 0 Å². The summed E-state index contributed by atoms with van der Waals surface area (Å²) in [4.78, 5) is 132. The average molecular weight is 1840 g/mol. The van der Waals surface area contributed by atoms with Crippen LogP contribution in [0.5, 0.6) is 23.0 Å². The molecule has 0 radical (unpaired) electrons. The molecule has 3 aromatic carbocycles. The highest BCUT2D eigenvalue weighted by Crippen LogP contribution is 2.47. The Morgan fingerprint density at radius 1 is 0.577 bits per heavy atom. The van der Waals surface area contributed by atoms with Gasteiger partial charge < -0.3 is 97.8 Å². The molecule has 722 valence electrons. The standard InChI is InChI=1S/C97H145N9O23S/c1-10-13-22-29-73-57-75-64-99-78-60-83(81(117-8)58-76(78)92(112)104(75)66-73)127-38-25-21-26-39-128-84-61-79-77(59-82(84)118-9)93(113)105-65-69(6)56-80(105)94(114)106(79)96(116)129-67-72-30-32-74(33-31-72)101-90(110)70(7)100-91(111)89(68(4)5)102-87(108)35-40-119-42-44-121-46-48-123-50-52-125-54-55-126-53-51-124-49-47-122-45-43-120-41-36-98-86(107)34-37-103-88(109)62-85(95(103)115)130-97(11-2,12-3)63-71-27-23-19-17-15-14-16-18-20-24-28-71/h30-33,58-61,64-66,68,70-71,75,80,85,89,94,114H,10-29,34-57,62-63,67H2,1-9H3,(H,98,107)(H,100,111)(H,101,110)(H,102,108)/t70-,75-,80-,85?,89-,94-/m0/s1. The maximum Gasteiger partial charge on any atom is 0.416 e. The van der Waals surface area contributed by atoms with E-state index in [1.54, 1.807) is 73.1 Å². The van der Waals surface area contributed by atoms with Crippen LogP contribution in [0.15, 0.2) is 77.1 Å². The number of likely N-dealkylation sites (tertiary alicyclic amines) is 1. The van der Waals surface area contributed by atoms with Gasteiger partial charge in [0.25, 0.3) is 11.8 Å². The minimum absolute atomic E-state index is 0.0143. The lowest BCUT2D eigenvalue weighted by Gasteiger charge is -2.36. The Hall–Kier alpha value is -8.77. The van der Waals surface area contributed by atoms with E-state index in [-0.39, 0.29) is 122 Å². The summed E-state index contributed by atoms with van der Waals surface area (Å²) >= 11 is 1.73. The van der Waals surface area contributed by atoms with Crippen molar-refractivity contribution in [2.75, 3.05) is 156 Å². The topological polar surface area (TPSA) is 367 Å². The van der Waals surface area contributed by atoms with E-state index in [1.165, 1.54) is 119 Å². The molecule has 32 nitrogen and oxygen atoms in total. The van der Waals surface area contributed by atoms with Gasteiger partial charge in [-0.3, -0.25) is 48.2 Å². The van der Waals surface area contributed by atoms with E-state index < -0.39 is 59.3 Å². The first-order chi connectivity index (χ1) is 63.1. The number of anilines is 2. The number of thioether (sulfide) groups is 1. The number of amides is 9. The molecule has 9 amide bonds. The van der Waals surface area contributed by atoms with Crippen molar-refractivity contribution < 1.29 is 110 Å². The SMILES string of the molecule is CCCCCC1=CN2C(=O)c3cc(OC)c(OCCCCCOc4cc5c(cc4OC)C(=O)N4C=C(C)C[C@H]4[C@H](O)N5C(=O)OCc4ccc(NC(=O)[C@H](C)NC(=O)[C@@H](NC(=O)CCOCCOCCOCCOCCOCCOCCOCCOCCNC(=O)CCN5C(=O)CC(SC(CC)(CC)CC6CCCCCCCCCCC6)C5=O)C(C)C)cc4)cc3N=C[C@@H]2C1. The molecule has 9 rings (SSSR count). The van der Waals surface area contributed by atoms with E-state index in [2.05, 4.69) is 42.0 Å². The molecule has 5 heterocycles. The smallest absolute Gasteiger partial charge is 0.416 e. The van der Waals surface area contributed by atoms with Gasteiger partial charge in [-0.1, -0.05) is 141 Å². The summed E-state index contributed by atoms with van der Waals surface area (Å²) in [7, 11) is 2.99. The third-order valence-electron chi connectivity index (χ3n) is 24.3. The van der Waals surface area contributed by atoms with Gasteiger partial charge in [-0.2, -0.15) is 0 Å². The summed E-state index contributed by atoms with van der Waals surface area (Å²) in [6.45, 7) is 19.7.